The highest BCUT2D eigenvalue weighted by molar-refractivity contribution is 6.32. The predicted molar refractivity (Wildman–Crippen MR) is 99.7 cm³/mol. The number of aromatic nitrogens is 1. The SMILES string of the molecule is Cn1c(C(=O)N[C@@H]2CCOc3c(Cl)cccc32)cc2ccc(Cl)cc21. The zero-order valence-corrected chi connectivity index (χ0v) is 15.1. The van der Waals surface area contributed by atoms with Crippen LogP contribution in [0.25, 0.3) is 10.9 Å². The van der Waals surface area contributed by atoms with Crippen molar-refractivity contribution in [2.24, 2.45) is 7.05 Å². The van der Waals surface area contributed by atoms with E-state index in [0.29, 0.717) is 34.5 Å². The predicted octanol–water partition coefficient (Wildman–Crippen LogP) is 4.74. The van der Waals surface area contributed by atoms with Gasteiger partial charge in [-0.25, -0.2) is 0 Å². The van der Waals surface area contributed by atoms with Gasteiger partial charge in [0.15, 0.2) is 0 Å². The van der Waals surface area contributed by atoms with Crippen LogP contribution in [-0.4, -0.2) is 17.1 Å². The van der Waals surface area contributed by atoms with Crippen molar-refractivity contribution in [1.29, 1.82) is 0 Å². The molecule has 0 spiro atoms. The number of nitrogens with zero attached hydrogens (tertiary/aromatic N) is 1. The molecule has 4 rings (SSSR count). The zero-order valence-electron chi connectivity index (χ0n) is 13.6. The Hall–Kier alpha value is -2.17. The zero-order chi connectivity index (χ0) is 17.6. The topological polar surface area (TPSA) is 43.3 Å². The van der Waals surface area contributed by atoms with E-state index < -0.39 is 0 Å². The minimum Gasteiger partial charge on any atom is -0.492 e. The monoisotopic (exact) mass is 374 g/mol. The van der Waals surface area contributed by atoms with Crippen molar-refractivity contribution in [2.75, 3.05) is 6.61 Å². The molecule has 1 aromatic heterocycles. The summed E-state index contributed by atoms with van der Waals surface area (Å²) in [4.78, 5) is 12.8. The Morgan fingerprint density at radius 3 is 2.92 bits per heavy atom. The van der Waals surface area contributed by atoms with Crippen LogP contribution in [0.2, 0.25) is 10.0 Å². The molecule has 0 saturated carbocycles. The molecule has 0 saturated heterocycles. The minimum absolute atomic E-state index is 0.128. The van der Waals surface area contributed by atoms with E-state index >= 15 is 0 Å². The summed E-state index contributed by atoms with van der Waals surface area (Å²) in [6.07, 6.45) is 0.703. The average molecular weight is 375 g/mol. The molecule has 6 heteroatoms. The number of aryl methyl sites for hydroxylation is 1. The average Bonchev–Trinajstić information content (AvgIpc) is 2.92. The van der Waals surface area contributed by atoms with Crippen LogP contribution in [0.5, 0.6) is 5.75 Å². The summed E-state index contributed by atoms with van der Waals surface area (Å²) in [5.41, 5.74) is 2.43. The molecule has 0 radical (unpaired) electrons. The second-order valence-corrected chi connectivity index (χ2v) is 6.96. The number of halogens is 2. The van der Waals surface area contributed by atoms with Gasteiger partial charge in [0.1, 0.15) is 11.4 Å². The fraction of sp³-hybridized carbons (Fsp3) is 0.211. The van der Waals surface area contributed by atoms with E-state index in [1.165, 1.54) is 0 Å². The molecular weight excluding hydrogens is 359 g/mol. The summed E-state index contributed by atoms with van der Waals surface area (Å²) in [6, 6.07) is 12.9. The van der Waals surface area contributed by atoms with Gasteiger partial charge in [-0.15, -0.1) is 0 Å². The van der Waals surface area contributed by atoms with Gasteiger partial charge in [-0.2, -0.15) is 0 Å². The van der Waals surface area contributed by atoms with Crippen LogP contribution in [0.1, 0.15) is 28.5 Å². The molecule has 2 heterocycles. The quantitative estimate of drug-likeness (QED) is 0.703. The highest BCUT2D eigenvalue weighted by Gasteiger charge is 2.26. The van der Waals surface area contributed by atoms with E-state index in [0.717, 1.165) is 16.5 Å². The van der Waals surface area contributed by atoms with Crippen molar-refractivity contribution < 1.29 is 9.53 Å². The van der Waals surface area contributed by atoms with Crippen molar-refractivity contribution in [3.05, 3.63) is 63.8 Å². The maximum atomic E-state index is 12.8. The normalized spacial score (nSPS) is 16.4. The van der Waals surface area contributed by atoms with E-state index in [1.807, 2.05) is 48.0 Å². The molecule has 1 amide bonds. The van der Waals surface area contributed by atoms with Crippen molar-refractivity contribution >= 4 is 40.0 Å². The van der Waals surface area contributed by atoms with Crippen LogP contribution >= 0.6 is 23.2 Å². The van der Waals surface area contributed by atoms with Gasteiger partial charge < -0.3 is 14.6 Å². The first kappa shape index (κ1) is 16.3. The Morgan fingerprint density at radius 2 is 2.08 bits per heavy atom. The summed E-state index contributed by atoms with van der Waals surface area (Å²) in [7, 11) is 1.86. The smallest absolute Gasteiger partial charge is 0.268 e. The number of fused-ring (bicyclic) bond motifs is 2. The van der Waals surface area contributed by atoms with Gasteiger partial charge in [0, 0.05) is 35.0 Å². The maximum Gasteiger partial charge on any atom is 0.268 e. The third-order valence-corrected chi connectivity index (χ3v) is 5.10. The van der Waals surface area contributed by atoms with Gasteiger partial charge in [-0.3, -0.25) is 4.79 Å². The van der Waals surface area contributed by atoms with Crippen molar-refractivity contribution in [1.82, 2.24) is 9.88 Å². The third-order valence-electron chi connectivity index (χ3n) is 4.57. The molecule has 3 aromatic rings. The van der Waals surface area contributed by atoms with E-state index in [9.17, 15) is 4.79 Å². The van der Waals surface area contributed by atoms with Gasteiger partial charge in [0.2, 0.25) is 0 Å². The Bertz CT molecular complexity index is 981. The Labute approximate surface area is 155 Å². The molecule has 0 unspecified atom stereocenters. The molecule has 2 aromatic carbocycles. The fourth-order valence-electron chi connectivity index (χ4n) is 3.29. The summed E-state index contributed by atoms with van der Waals surface area (Å²) < 4.78 is 7.51. The molecule has 4 nitrogen and oxygen atoms in total. The molecule has 1 aliphatic rings. The van der Waals surface area contributed by atoms with Crippen LogP contribution in [0.4, 0.5) is 0 Å². The second kappa shape index (κ2) is 6.28. The highest BCUT2D eigenvalue weighted by atomic mass is 35.5. The van der Waals surface area contributed by atoms with E-state index in [1.54, 1.807) is 6.07 Å². The Morgan fingerprint density at radius 1 is 1.24 bits per heavy atom. The van der Waals surface area contributed by atoms with Gasteiger partial charge in [0.25, 0.3) is 5.91 Å². The molecule has 25 heavy (non-hydrogen) atoms. The number of nitrogens with one attached hydrogen (secondary N) is 1. The number of amides is 1. The first-order valence-corrected chi connectivity index (χ1v) is 8.77. The highest BCUT2D eigenvalue weighted by Crippen LogP contribution is 2.37. The lowest BCUT2D eigenvalue weighted by Gasteiger charge is -2.27. The summed E-state index contributed by atoms with van der Waals surface area (Å²) in [6.45, 7) is 0.520. The third kappa shape index (κ3) is 2.86. The van der Waals surface area contributed by atoms with E-state index in [4.69, 9.17) is 27.9 Å². The largest absolute Gasteiger partial charge is 0.492 e. The van der Waals surface area contributed by atoms with Gasteiger partial charge in [-0.05, 0) is 24.3 Å². The van der Waals surface area contributed by atoms with Gasteiger partial charge in [-0.1, -0.05) is 41.4 Å². The summed E-state index contributed by atoms with van der Waals surface area (Å²) in [5, 5.41) is 5.30. The van der Waals surface area contributed by atoms with E-state index in [2.05, 4.69) is 5.32 Å². The number of benzene rings is 2. The Balaban J connectivity index is 1.66. The van der Waals surface area contributed by atoms with E-state index in [-0.39, 0.29) is 11.9 Å². The molecule has 1 N–H and O–H groups in total. The number of para-hydroxylation sites is 1. The minimum atomic E-state index is -0.132. The van der Waals surface area contributed by atoms with Crippen LogP contribution in [0.3, 0.4) is 0 Å². The number of carbonyl (C=O) groups is 1. The lowest BCUT2D eigenvalue weighted by Crippen LogP contribution is -2.33. The lowest BCUT2D eigenvalue weighted by molar-refractivity contribution is 0.0917. The van der Waals surface area contributed by atoms with Gasteiger partial charge in [0.05, 0.1) is 17.7 Å². The number of hydrogen-bond acceptors (Lipinski definition) is 2. The Kier molecular flexibility index (Phi) is 4.10. The molecule has 1 atom stereocenters. The standard InChI is InChI=1S/C19H16Cl2N2O2/c1-23-16-10-12(20)6-5-11(16)9-17(23)19(24)22-15-7-8-25-18-13(15)3-2-4-14(18)21/h2-6,9-10,15H,7-8H2,1H3,(H,22,24)/t15-/m1/s1. The molecule has 0 aliphatic carbocycles. The summed E-state index contributed by atoms with van der Waals surface area (Å²) in [5.74, 6) is 0.525. The van der Waals surface area contributed by atoms with Crippen molar-refractivity contribution in [3.63, 3.8) is 0 Å². The van der Waals surface area contributed by atoms with Crippen LogP contribution < -0.4 is 10.1 Å². The molecule has 128 valence electrons. The van der Waals surface area contributed by atoms with Crippen LogP contribution in [-0.2, 0) is 7.05 Å². The molecule has 0 fully saturated rings. The number of carbonyl (C=O) groups excluding carboxylic acids is 1. The maximum absolute atomic E-state index is 12.8. The molecule has 1 aliphatic heterocycles. The van der Waals surface area contributed by atoms with Gasteiger partial charge >= 0.3 is 0 Å². The lowest BCUT2D eigenvalue weighted by atomic mass is 10.0. The second-order valence-electron chi connectivity index (χ2n) is 6.11. The summed E-state index contributed by atoms with van der Waals surface area (Å²) >= 11 is 12.3. The first-order valence-electron chi connectivity index (χ1n) is 8.01. The number of rotatable bonds is 2. The fourth-order valence-corrected chi connectivity index (χ4v) is 3.69. The number of ether oxygens (including phenoxy) is 1. The number of hydrogen-bond donors (Lipinski definition) is 1. The van der Waals surface area contributed by atoms with Crippen LogP contribution in [0, 0.1) is 0 Å². The first-order chi connectivity index (χ1) is 12.0. The molecule has 0 bridgehead atoms. The van der Waals surface area contributed by atoms with Crippen molar-refractivity contribution in [2.45, 2.75) is 12.5 Å². The van der Waals surface area contributed by atoms with Crippen LogP contribution in [0.15, 0.2) is 42.5 Å². The van der Waals surface area contributed by atoms with Crippen molar-refractivity contribution in [3.8, 4) is 5.75 Å². The molecular formula is C19H16Cl2N2O2.